The molecule has 1 heterocycles. The normalized spacial score (nSPS) is 14.6. The molecule has 1 saturated heterocycles. The standard InChI is InChI=1S/C29H34BrN3O2/c1-3-33(4-2)29(35)23-10-14-25(15-11-23)31-26-6-5-7-27(34)28(26)22-16-18-32(19-17-22)20-21-8-12-24(30)13-9-21/h5-15,22,31,34H,3-4,16-20H2,1-2H3. The van der Waals surface area contributed by atoms with Gasteiger partial charge in [-0.2, -0.15) is 0 Å². The second-order valence-electron chi connectivity index (χ2n) is 9.10. The molecule has 5 nitrogen and oxygen atoms in total. The van der Waals surface area contributed by atoms with Crippen LogP contribution in [0.3, 0.4) is 0 Å². The van der Waals surface area contributed by atoms with Gasteiger partial charge in [0.1, 0.15) is 5.75 Å². The van der Waals surface area contributed by atoms with E-state index in [-0.39, 0.29) is 5.91 Å². The maximum atomic E-state index is 12.6. The Hall–Kier alpha value is -2.83. The van der Waals surface area contributed by atoms with Crippen molar-refractivity contribution in [2.75, 3.05) is 31.5 Å². The van der Waals surface area contributed by atoms with Crippen LogP contribution in [0.1, 0.15) is 54.1 Å². The minimum Gasteiger partial charge on any atom is -0.508 e. The van der Waals surface area contributed by atoms with Crippen molar-refractivity contribution in [2.24, 2.45) is 0 Å². The van der Waals surface area contributed by atoms with Crippen LogP contribution in [0.5, 0.6) is 5.75 Å². The highest BCUT2D eigenvalue weighted by atomic mass is 79.9. The molecule has 0 aromatic heterocycles. The summed E-state index contributed by atoms with van der Waals surface area (Å²) in [5.74, 6) is 0.688. The quantitative estimate of drug-likeness (QED) is 0.334. The van der Waals surface area contributed by atoms with Crippen molar-refractivity contribution in [1.82, 2.24) is 9.80 Å². The summed E-state index contributed by atoms with van der Waals surface area (Å²) in [6.07, 6.45) is 2.00. The molecule has 1 aliphatic rings. The van der Waals surface area contributed by atoms with E-state index in [9.17, 15) is 9.90 Å². The van der Waals surface area contributed by atoms with Crippen LogP contribution in [0, 0.1) is 0 Å². The fourth-order valence-corrected chi connectivity index (χ4v) is 5.13. The first-order chi connectivity index (χ1) is 17.0. The Morgan fingerprint density at radius 2 is 1.66 bits per heavy atom. The summed E-state index contributed by atoms with van der Waals surface area (Å²) in [7, 11) is 0. The third-order valence-corrected chi connectivity index (χ3v) is 7.39. The Morgan fingerprint density at radius 1 is 1.00 bits per heavy atom. The third-order valence-electron chi connectivity index (χ3n) is 6.86. The van der Waals surface area contributed by atoms with Gasteiger partial charge in [-0.3, -0.25) is 9.69 Å². The maximum absolute atomic E-state index is 12.6. The number of nitrogens with zero attached hydrogens (tertiary/aromatic N) is 2. The molecule has 3 aromatic carbocycles. The Bertz CT molecular complexity index is 1120. The van der Waals surface area contributed by atoms with Crippen molar-refractivity contribution in [3.8, 4) is 5.75 Å². The van der Waals surface area contributed by atoms with Crippen LogP contribution in [0.2, 0.25) is 0 Å². The number of piperidine rings is 1. The van der Waals surface area contributed by atoms with E-state index in [0.29, 0.717) is 30.3 Å². The SMILES string of the molecule is CCN(CC)C(=O)c1ccc(Nc2cccc(O)c2C2CCN(Cc3ccc(Br)cc3)CC2)cc1. The molecule has 0 atom stereocenters. The number of carbonyl (C=O) groups excluding carboxylic acids is 1. The van der Waals surface area contributed by atoms with Gasteiger partial charge in [0.15, 0.2) is 0 Å². The van der Waals surface area contributed by atoms with Crippen molar-refractivity contribution < 1.29 is 9.90 Å². The topological polar surface area (TPSA) is 55.8 Å². The Balaban J connectivity index is 1.43. The van der Waals surface area contributed by atoms with Gasteiger partial charge in [-0.15, -0.1) is 0 Å². The van der Waals surface area contributed by atoms with Gasteiger partial charge >= 0.3 is 0 Å². The number of hydrogen-bond donors (Lipinski definition) is 2. The minimum absolute atomic E-state index is 0.0505. The van der Waals surface area contributed by atoms with Crippen molar-refractivity contribution >= 4 is 33.2 Å². The Kier molecular flexibility index (Phi) is 8.47. The minimum atomic E-state index is 0.0505. The van der Waals surface area contributed by atoms with E-state index in [1.54, 1.807) is 6.07 Å². The summed E-state index contributed by atoms with van der Waals surface area (Å²) in [6, 6.07) is 21.8. The van der Waals surface area contributed by atoms with E-state index in [2.05, 4.69) is 50.4 Å². The zero-order valence-corrected chi connectivity index (χ0v) is 22.1. The number of likely N-dealkylation sites (tertiary alicyclic amines) is 1. The van der Waals surface area contributed by atoms with Crippen molar-refractivity contribution in [3.05, 3.63) is 87.9 Å². The van der Waals surface area contributed by atoms with Gasteiger partial charge in [0, 0.05) is 46.6 Å². The number of phenols is 1. The second-order valence-corrected chi connectivity index (χ2v) is 10.0. The zero-order chi connectivity index (χ0) is 24.8. The van der Waals surface area contributed by atoms with E-state index < -0.39 is 0 Å². The van der Waals surface area contributed by atoms with E-state index >= 15 is 0 Å². The number of benzene rings is 3. The number of aromatic hydroxyl groups is 1. The lowest BCUT2D eigenvalue weighted by Gasteiger charge is -2.33. The second kappa shape index (κ2) is 11.7. The van der Waals surface area contributed by atoms with E-state index in [4.69, 9.17) is 0 Å². The molecule has 1 aliphatic heterocycles. The molecule has 1 amide bonds. The molecular formula is C29H34BrN3O2. The molecule has 0 saturated carbocycles. The molecule has 4 rings (SSSR count). The highest BCUT2D eigenvalue weighted by Gasteiger charge is 2.25. The molecule has 35 heavy (non-hydrogen) atoms. The maximum Gasteiger partial charge on any atom is 0.253 e. The molecule has 2 N–H and O–H groups in total. The van der Waals surface area contributed by atoms with Crippen molar-refractivity contribution in [1.29, 1.82) is 0 Å². The van der Waals surface area contributed by atoms with Crippen LogP contribution in [0.4, 0.5) is 11.4 Å². The number of anilines is 2. The van der Waals surface area contributed by atoms with Crippen LogP contribution in [-0.4, -0.2) is 47.0 Å². The lowest BCUT2D eigenvalue weighted by molar-refractivity contribution is 0.0773. The van der Waals surface area contributed by atoms with Gasteiger partial charge < -0.3 is 15.3 Å². The molecule has 0 bridgehead atoms. The largest absolute Gasteiger partial charge is 0.508 e. The number of phenolic OH excluding ortho intramolecular Hbond substituents is 1. The number of rotatable bonds is 8. The molecule has 0 aliphatic carbocycles. The number of amides is 1. The number of halogens is 1. The Morgan fingerprint density at radius 3 is 2.29 bits per heavy atom. The van der Waals surface area contributed by atoms with Gasteiger partial charge in [0.05, 0.1) is 0 Å². The van der Waals surface area contributed by atoms with Crippen LogP contribution < -0.4 is 5.32 Å². The lowest BCUT2D eigenvalue weighted by Crippen LogP contribution is -2.32. The van der Waals surface area contributed by atoms with Gasteiger partial charge in [0.2, 0.25) is 0 Å². The van der Waals surface area contributed by atoms with E-state index in [1.165, 1.54) is 5.56 Å². The van der Waals surface area contributed by atoms with Crippen LogP contribution in [-0.2, 0) is 6.54 Å². The van der Waals surface area contributed by atoms with Crippen molar-refractivity contribution in [3.63, 3.8) is 0 Å². The highest BCUT2D eigenvalue weighted by Crippen LogP contribution is 2.40. The van der Waals surface area contributed by atoms with Crippen LogP contribution >= 0.6 is 15.9 Å². The van der Waals surface area contributed by atoms with Crippen LogP contribution in [0.25, 0.3) is 0 Å². The van der Waals surface area contributed by atoms with Gasteiger partial charge in [-0.1, -0.05) is 34.1 Å². The first kappa shape index (κ1) is 25.3. The predicted molar refractivity (Wildman–Crippen MR) is 146 cm³/mol. The molecular weight excluding hydrogens is 502 g/mol. The monoisotopic (exact) mass is 535 g/mol. The summed E-state index contributed by atoms with van der Waals surface area (Å²) < 4.78 is 1.10. The number of nitrogens with one attached hydrogen (secondary N) is 1. The number of carbonyl (C=O) groups is 1. The molecule has 0 unspecified atom stereocenters. The van der Waals surface area contributed by atoms with Gasteiger partial charge in [-0.05, 0) is 99.8 Å². The van der Waals surface area contributed by atoms with Crippen LogP contribution in [0.15, 0.2) is 71.2 Å². The van der Waals surface area contributed by atoms with Gasteiger partial charge in [0.25, 0.3) is 5.91 Å². The van der Waals surface area contributed by atoms with E-state index in [0.717, 1.165) is 53.9 Å². The Labute approximate surface area is 216 Å². The third kappa shape index (κ3) is 6.24. The first-order valence-electron chi connectivity index (χ1n) is 12.4. The average Bonchev–Trinajstić information content (AvgIpc) is 2.87. The molecule has 1 fully saturated rings. The summed E-state index contributed by atoms with van der Waals surface area (Å²) >= 11 is 3.50. The fraction of sp³-hybridized carbons (Fsp3) is 0.345. The van der Waals surface area contributed by atoms with E-state index in [1.807, 2.05) is 55.1 Å². The molecule has 3 aromatic rings. The first-order valence-corrected chi connectivity index (χ1v) is 13.2. The fourth-order valence-electron chi connectivity index (χ4n) is 4.86. The smallest absolute Gasteiger partial charge is 0.253 e. The molecule has 6 heteroatoms. The molecule has 184 valence electrons. The lowest BCUT2D eigenvalue weighted by atomic mass is 9.87. The van der Waals surface area contributed by atoms with Gasteiger partial charge in [-0.25, -0.2) is 0 Å². The molecule has 0 spiro atoms. The summed E-state index contributed by atoms with van der Waals surface area (Å²) in [6.45, 7) is 8.32. The molecule has 0 radical (unpaired) electrons. The van der Waals surface area contributed by atoms with Crippen molar-refractivity contribution in [2.45, 2.75) is 39.2 Å². The predicted octanol–water partition coefficient (Wildman–Crippen LogP) is 6.76. The average molecular weight is 537 g/mol. The summed E-state index contributed by atoms with van der Waals surface area (Å²) in [4.78, 5) is 16.9. The highest BCUT2D eigenvalue weighted by molar-refractivity contribution is 9.10. The number of hydrogen-bond acceptors (Lipinski definition) is 4. The zero-order valence-electron chi connectivity index (χ0n) is 20.5. The summed E-state index contributed by atoms with van der Waals surface area (Å²) in [5.41, 5.74) is 4.83. The summed E-state index contributed by atoms with van der Waals surface area (Å²) in [5, 5.41) is 14.3.